The van der Waals surface area contributed by atoms with Crippen LogP contribution in [0.5, 0.6) is 0 Å². The second kappa shape index (κ2) is 39.4. The monoisotopic (exact) mass is 1500 g/mol. The number of aryl methyl sites for hydroxylation is 1. The number of ether oxygens (including phenoxy) is 4. The maximum Gasteiger partial charge on any atom is 0.334 e. The topological polar surface area (TPSA) is 297 Å². The summed E-state index contributed by atoms with van der Waals surface area (Å²) in [7, 11) is -3.62. The molecule has 0 amide bonds. The van der Waals surface area contributed by atoms with Crippen LogP contribution in [0.25, 0.3) is 33.1 Å². The summed E-state index contributed by atoms with van der Waals surface area (Å²) in [6.45, 7) is 42.3. The van der Waals surface area contributed by atoms with Crippen molar-refractivity contribution < 1.29 is 46.8 Å². The maximum atomic E-state index is 14.8. The van der Waals surface area contributed by atoms with Crippen LogP contribution in [-0.2, 0) is 82.7 Å². The van der Waals surface area contributed by atoms with Crippen molar-refractivity contribution in [2.75, 3.05) is 32.2 Å². The van der Waals surface area contributed by atoms with Crippen LogP contribution in [0.4, 0.5) is 30.2 Å². The molecule has 0 spiro atoms. The minimum atomic E-state index is -1.29. The van der Waals surface area contributed by atoms with Crippen molar-refractivity contribution in [3.8, 4) is 0 Å². The van der Waals surface area contributed by atoms with E-state index >= 15 is 0 Å². The third kappa shape index (κ3) is 26.2. The summed E-state index contributed by atoms with van der Waals surface area (Å²) < 4.78 is 75.1. The number of carbonyl (C=O) groups excluding carboxylic acids is 1. The first kappa shape index (κ1) is 86.0. The Morgan fingerprint density at radius 3 is 1.23 bits per heavy atom. The van der Waals surface area contributed by atoms with Gasteiger partial charge >= 0.3 is 28.5 Å². The van der Waals surface area contributed by atoms with Crippen LogP contribution < -0.4 is 22.4 Å². The van der Waals surface area contributed by atoms with Crippen molar-refractivity contribution in [2.24, 2.45) is 17.8 Å². The number of halogens is 3. The van der Waals surface area contributed by atoms with Gasteiger partial charge in [-0.15, -0.1) is 0 Å². The number of nitrogen functional groups attached to an aromatic ring is 1. The number of aromatic nitrogens is 9. The summed E-state index contributed by atoms with van der Waals surface area (Å²) in [6, 6.07) is 17.5. The average Bonchev–Trinajstić information content (AvgIpc) is 1.63. The number of pyridine rings is 6. The number of fused-ring (bicyclic) bond motifs is 3. The zero-order valence-electron chi connectivity index (χ0n) is 63.8. The van der Waals surface area contributed by atoms with Gasteiger partial charge in [0.2, 0.25) is 0 Å². The van der Waals surface area contributed by atoms with E-state index in [0.717, 1.165) is 70.7 Å². The predicted molar refractivity (Wildman–Crippen MR) is 413 cm³/mol. The van der Waals surface area contributed by atoms with Crippen molar-refractivity contribution in [2.45, 2.75) is 198 Å². The smallest absolute Gasteiger partial charge is 0.334 e. The Labute approximate surface area is 609 Å². The van der Waals surface area contributed by atoms with E-state index in [2.05, 4.69) is 129 Å². The van der Waals surface area contributed by atoms with Crippen molar-refractivity contribution >= 4 is 80.4 Å². The van der Waals surface area contributed by atoms with E-state index in [4.69, 9.17) is 19.9 Å². The van der Waals surface area contributed by atoms with Gasteiger partial charge in [-0.2, -0.15) is 0 Å². The van der Waals surface area contributed by atoms with Gasteiger partial charge in [-0.3, -0.25) is 54.4 Å². The van der Waals surface area contributed by atoms with Crippen LogP contribution in [0, 0.1) is 55.4 Å². The number of esters is 1. The Morgan fingerprint density at radius 2 is 0.913 bits per heavy atom. The molecular formula is C74H107F3N12O12Si3. The van der Waals surface area contributed by atoms with Gasteiger partial charge in [0.05, 0.1) is 86.9 Å². The largest absolute Gasteiger partial charge is 0.466 e. The molecule has 104 heavy (non-hydrogen) atoms. The third-order valence-corrected chi connectivity index (χ3v) is 21.4. The molecule has 0 unspecified atom stereocenters. The minimum Gasteiger partial charge on any atom is -0.466 e. The molecular weight excluding hydrogens is 1390 g/mol. The number of nitrogens with zero attached hydrogens (tertiary/aromatic N) is 10. The summed E-state index contributed by atoms with van der Waals surface area (Å²) in [5, 5.41) is 21.2. The van der Waals surface area contributed by atoms with Crippen LogP contribution in [0.2, 0.25) is 77.1 Å². The molecule has 24 nitrogen and oxygen atoms in total. The number of nitro groups is 2. The molecule has 0 saturated heterocycles. The maximum absolute atomic E-state index is 14.8. The van der Waals surface area contributed by atoms with Crippen molar-refractivity contribution in [1.82, 2.24) is 42.8 Å². The summed E-state index contributed by atoms with van der Waals surface area (Å²) in [5.74, 6) is -0.198. The van der Waals surface area contributed by atoms with Crippen LogP contribution in [0.15, 0.2) is 106 Å². The Hall–Kier alpha value is -8.69. The van der Waals surface area contributed by atoms with Crippen molar-refractivity contribution in [3.05, 3.63) is 194 Å². The highest BCUT2D eigenvalue weighted by molar-refractivity contribution is 6.76. The number of aromatic amines is 1. The molecule has 0 aliphatic heterocycles. The van der Waals surface area contributed by atoms with Gasteiger partial charge in [0.1, 0.15) is 37.6 Å². The SMILES string of the molecule is CC(C)Cc1c(F)cnc2cc(Cn3cccc(N)c3=O)n(COCC[Si](C)(C)C)c12.CC(C)Cc1c(F)cnc2cc(Cn3cccc([N+](=O)[O-])c3=O)n(COCC[Si](C)(C)C)c12.CCOC(C)=O.CCc1cc2ncc(F)c(CC(C)C)c2n1COCC[Si](C)(C)C.O=c1[nH]cccc1[N+](=O)[O-]. The first-order chi connectivity index (χ1) is 48.8. The van der Waals surface area contributed by atoms with Crippen molar-refractivity contribution in [1.29, 1.82) is 0 Å². The van der Waals surface area contributed by atoms with Gasteiger partial charge in [-0.25, -0.2) is 13.2 Å². The molecule has 0 fully saturated rings. The Bertz CT molecular complexity index is 4530. The van der Waals surface area contributed by atoms with Gasteiger partial charge in [-0.1, -0.05) is 107 Å². The molecule has 9 heterocycles. The number of hydrogen-bond acceptors (Lipinski definition) is 16. The summed E-state index contributed by atoms with van der Waals surface area (Å²) in [6.07, 6.45) is 11.1. The number of H-pyrrole nitrogens is 1. The Morgan fingerprint density at radius 1 is 0.558 bits per heavy atom. The van der Waals surface area contributed by atoms with E-state index in [1.54, 1.807) is 35.9 Å². The predicted octanol–water partition coefficient (Wildman–Crippen LogP) is 15.4. The fourth-order valence-corrected chi connectivity index (χ4v) is 13.2. The molecule has 568 valence electrons. The van der Waals surface area contributed by atoms with Crippen LogP contribution >= 0.6 is 0 Å². The molecule has 3 N–H and O–H groups in total. The van der Waals surface area contributed by atoms with Gasteiger partial charge in [0, 0.05) is 115 Å². The van der Waals surface area contributed by atoms with E-state index < -0.39 is 56.6 Å². The summed E-state index contributed by atoms with van der Waals surface area (Å²) in [4.78, 5) is 80.3. The molecule has 30 heteroatoms. The number of nitrogens with two attached hydrogens (primary N) is 1. The second-order valence-electron chi connectivity index (χ2n) is 30.4. The number of nitrogens with one attached hydrogen (secondary N) is 1. The highest BCUT2D eigenvalue weighted by Gasteiger charge is 2.25. The number of hydrogen-bond donors (Lipinski definition) is 2. The van der Waals surface area contributed by atoms with Crippen LogP contribution in [0.1, 0.15) is 96.1 Å². The molecule has 0 aromatic carbocycles. The molecule has 0 aliphatic rings. The number of anilines is 1. The van der Waals surface area contributed by atoms with Crippen molar-refractivity contribution in [3.63, 3.8) is 0 Å². The standard InChI is InChI=1S/C23H31FN4O4Si.C23H33FN4O2Si.C19H31FN2OSi.C5H4N2O3.C4H8O2/c1-16(2)11-18-19(24)13-25-20-12-17(14-26-8-6-7-21(23(26)29)28(30)31)27(22(18)20)15-32-9-10-33(3,4)5;1-16(2)11-18-19(24)13-26-21-12-17(14-27-8-6-7-20(25)23(27)29)28(22(18)21)15-30-9-10-31(3,4)5;1-7-15-11-18-19(16(10-14(2)3)17(20)12-21-18)22(15)13-23-8-9-24(4,5)6;8-5-4(7(9)10)2-1-3-6-5;1-3-6-4(2)5/h6-8,12-13,16H,9-11,14-15H2,1-5H3;6-8,12-13,16H,9-11,14-15,25H2,1-5H3;11-12,14H,7-10,13H2,1-6H3;1-3H,(H,6,8);3H2,1-2H3. The van der Waals surface area contributed by atoms with Crippen LogP contribution in [-0.4, -0.2) is 109 Å². The second-order valence-corrected chi connectivity index (χ2v) is 47.2. The molecule has 9 aromatic rings. The van der Waals surface area contributed by atoms with Gasteiger partial charge < -0.3 is 52.5 Å². The normalized spacial score (nSPS) is 11.7. The third-order valence-electron chi connectivity index (χ3n) is 16.3. The van der Waals surface area contributed by atoms with Gasteiger partial charge in [0.25, 0.3) is 5.56 Å². The first-order valence-electron chi connectivity index (χ1n) is 35.2. The lowest BCUT2D eigenvalue weighted by Gasteiger charge is -2.18. The van der Waals surface area contributed by atoms with E-state index in [1.165, 1.54) is 60.7 Å². The van der Waals surface area contributed by atoms with E-state index in [-0.39, 0.29) is 66.5 Å². The molecule has 9 aromatic heterocycles. The number of carbonyl (C=O) groups is 1. The minimum absolute atomic E-state index is 0.0803. The zero-order valence-corrected chi connectivity index (χ0v) is 66.8. The molecule has 0 aliphatic carbocycles. The Kier molecular flexibility index (Phi) is 32.6. The number of rotatable bonds is 29. The fourth-order valence-electron chi connectivity index (χ4n) is 10.9. The molecule has 0 atom stereocenters. The zero-order chi connectivity index (χ0) is 77.6. The quantitative estimate of drug-likeness (QED) is 0.0145. The fraction of sp³-hybridized carbons (Fsp3) is 0.500. The Balaban J connectivity index is 0.000000255. The highest BCUT2D eigenvalue weighted by atomic mass is 28.3. The lowest BCUT2D eigenvalue weighted by Crippen LogP contribution is -2.24. The van der Waals surface area contributed by atoms with Gasteiger partial charge in [-0.05, 0) is 111 Å². The van der Waals surface area contributed by atoms with Gasteiger partial charge in [0.15, 0.2) is 0 Å². The van der Waals surface area contributed by atoms with Crippen LogP contribution in [0.3, 0.4) is 0 Å². The molecule has 0 radical (unpaired) electrons. The lowest BCUT2D eigenvalue weighted by atomic mass is 10.0. The molecule has 9 rings (SSSR count). The highest BCUT2D eigenvalue weighted by Crippen LogP contribution is 2.31. The molecule has 0 bridgehead atoms. The van der Waals surface area contributed by atoms with E-state index in [9.17, 15) is 52.6 Å². The summed E-state index contributed by atoms with van der Waals surface area (Å²) in [5.41, 5.74) is 12.6. The van der Waals surface area contributed by atoms with E-state index in [1.807, 2.05) is 29.0 Å². The lowest BCUT2D eigenvalue weighted by molar-refractivity contribution is -0.386. The van der Waals surface area contributed by atoms with E-state index in [0.29, 0.717) is 91.6 Å². The first-order valence-corrected chi connectivity index (χ1v) is 46.3. The molecule has 0 saturated carbocycles. The average molecular weight is 1500 g/mol. The summed E-state index contributed by atoms with van der Waals surface area (Å²) >= 11 is 0.